The molecule has 1 N–H and O–H groups in total. The second-order valence-electron chi connectivity index (χ2n) is 8.39. The molecule has 3 unspecified atom stereocenters. The maximum Gasteiger partial charge on any atom is 0.391 e. The zero-order chi connectivity index (χ0) is 20.5. The lowest BCUT2D eigenvalue weighted by Gasteiger charge is -2.47. The first kappa shape index (κ1) is 21.6. The van der Waals surface area contributed by atoms with E-state index in [1.165, 1.54) is 10.4 Å². The van der Waals surface area contributed by atoms with Gasteiger partial charge >= 0.3 is 6.18 Å². The molecule has 3 atom stereocenters. The molecule has 0 radical (unpaired) electrons. The van der Waals surface area contributed by atoms with Crippen LogP contribution in [0.1, 0.15) is 57.8 Å². The van der Waals surface area contributed by atoms with Crippen molar-refractivity contribution in [2.75, 3.05) is 6.54 Å². The molecule has 160 valence electrons. The minimum absolute atomic E-state index is 0.0457. The lowest BCUT2D eigenvalue weighted by Crippen LogP contribution is -2.59. The van der Waals surface area contributed by atoms with Crippen LogP contribution in [0.15, 0.2) is 12.7 Å². The predicted octanol–water partition coefficient (Wildman–Crippen LogP) is 3.37. The molecule has 0 aromatic rings. The van der Waals surface area contributed by atoms with Crippen molar-refractivity contribution in [3.05, 3.63) is 12.7 Å². The third kappa shape index (κ3) is 4.56. The van der Waals surface area contributed by atoms with Crippen molar-refractivity contribution in [1.82, 2.24) is 9.62 Å². The molecule has 9 heteroatoms. The number of carbonyl (C=O) groups is 1. The Morgan fingerprint density at radius 2 is 1.71 bits per heavy atom. The van der Waals surface area contributed by atoms with Crippen LogP contribution in [0.5, 0.6) is 0 Å². The van der Waals surface area contributed by atoms with E-state index in [1.807, 2.05) is 0 Å². The number of nitrogens with zero attached hydrogens (tertiary/aromatic N) is 1. The van der Waals surface area contributed by atoms with E-state index in [9.17, 15) is 26.4 Å². The van der Waals surface area contributed by atoms with Gasteiger partial charge in [-0.15, -0.1) is 0 Å². The van der Waals surface area contributed by atoms with Crippen molar-refractivity contribution in [1.29, 1.82) is 0 Å². The van der Waals surface area contributed by atoms with Crippen LogP contribution in [0.2, 0.25) is 0 Å². The smallest absolute Gasteiger partial charge is 0.348 e. The molecular formula is C19H29F3N2O3S. The molecule has 0 aromatic carbocycles. The lowest BCUT2D eigenvalue weighted by atomic mass is 9.78. The van der Waals surface area contributed by atoms with Gasteiger partial charge in [-0.05, 0) is 56.9 Å². The summed E-state index contributed by atoms with van der Waals surface area (Å²) in [4.78, 5) is 11.7. The second-order valence-corrected chi connectivity index (χ2v) is 10.6. The molecule has 3 aliphatic rings. The minimum Gasteiger partial charge on any atom is -0.348 e. The monoisotopic (exact) mass is 422 g/mol. The zero-order valence-electron chi connectivity index (χ0n) is 16.0. The van der Waals surface area contributed by atoms with Crippen LogP contribution in [-0.2, 0) is 14.8 Å². The number of hydrogen-bond acceptors (Lipinski definition) is 3. The summed E-state index contributed by atoms with van der Waals surface area (Å²) in [7, 11) is -3.71. The van der Waals surface area contributed by atoms with E-state index in [4.69, 9.17) is 0 Å². The highest BCUT2D eigenvalue weighted by atomic mass is 32.2. The molecule has 1 saturated heterocycles. The topological polar surface area (TPSA) is 66.5 Å². The van der Waals surface area contributed by atoms with Crippen molar-refractivity contribution >= 4 is 15.9 Å². The number of piperidine rings is 1. The first-order valence-electron chi connectivity index (χ1n) is 10.1. The number of carbonyl (C=O) groups excluding carboxylic acids is 1. The second kappa shape index (κ2) is 8.34. The van der Waals surface area contributed by atoms with Gasteiger partial charge in [0.05, 0.1) is 11.2 Å². The van der Waals surface area contributed by atoms with Gasteiger partial charge in [0.25, 0.3) is 0 Å². The summed E-state index contributed by atoms with van der Waals surface area (Å²) < 4.78 is 67.1. The van der Waals surface area contributed by atoms with Gasteiger partial charge in [-0.25, -0.2) is 8.42 Å². The number of nitrogens with one attached hydrogen (secondary N) is 1. The Balaban J connectivity index is 1.76. The van der Waals surface area contributed by atoms with Gasteiger partial charge in [0.1, 0.15) is 0 Å². The summed E-state index contributed by atoms with van der Waals surface area (Å²) in [6, 6.07) is -0.387. The average molecular weight is 423 g/mol. The summed E-state index contributed by atoms with van der Waals surface area (Å²) in [6.45, 7) is 3.64. The molecule has 1 aliphatic heterocycles. The van der Waals surface area contributed by atoms with E-state index in [0.717, 1.165) is 32.1 Å². The standard InChI is InChI=1S/C19H29F3N2O3S/c1-2-18(25)23-15-11-13-5-3-4-6-17(13)24(12-15)28(26,27)16-9-7-14(8-10-16)19(20,21)22/h2,13-17H,1,3-12H2,(H,23,25). The highest BCUT2D eigenvalue weighted by Crippen LogP contribution is 2.42. The Morgan fingerprint density at radius 3 is 2.32 bits per heavy atom. The van der Waals surface area contributed by atoms with Crippen LogP contribution < -0.4 is 5.32 Å². The molecule has 2 saturated carbocycles. The van der Waals surface area contributed by atoms with Gasteiger partial charge in [-0.3, -0.25) is 4.79 Å². The zero-order valence-corrected chi connectivity index (χ0v) is 16.8. The molecule has 1 heterocycles. The Morgan fingerprint density at radius 1 is 1.07 bits per heavy atom. The molecule has 0 aromatic heterocycles. The summed E-state index contributed by atoms with van der Waals surface area (Å²) in [5.74, 6) is -1.55. The summed E-state index contributed by atoms with van der Waals surface area (Å²) in [6.07, 6.45) is 1.16. The van der Waals surface area contributed by atoms with Crippen LogP contribution >= 0.6 is 0 Å². The van der Waals surface area contributed by atoms with Crippen molar-refractivity contribution in [3.63, 3.8) is 0 Å². The number of alkyl halides is 3. The van der Waals surface area contributed by atoms with Crippen molar-refractivity contribution in [3.8, 4) is 0 Å². The molecule has 28 heavy (non-hydrogen) atoms. The third-order valence-electron chi connectivity index (χ3n) is 6.64. The summed E-state index contributed by atoms with van der Waals surface area (Å²) in [5, 5.41) is 2.06. The van der Waals surface area contributed by atoms with E-state index in [2.05, 4.69) is 11.9 Å². The largest absolute Gasteiger partial charge is 0.391 e. The SMILES string of the molecule is C=CC(=O)NC1CC2CCCCC2N(S(=O)(=O)C2CCC(C(F)(F)F)CC2)C1. The van der Waals surface area contributed by atoms with E-state index in [1.54, 1.807) is 0 Å². The van der Waals surface area contributed by atoms with E-state index >= 15 is 0 Å². The first-order valence-corrected chi connectivity index (χ1v) is 11.6. The maximum absolute atomic E-state index is 13.4. The molecular weight excluding hydrogens is 393 g/mol. The first-order chi connectivity index (χ1) is 13.1. The fourth-order valence-corrected chi connectivity index (χ4v) is 7.47. The molecule has 1 amide bonds. The van der Waals surface area contributed by atoms with Crippen LogP contribution in [0.4, 0.5) is 13.2 Å². The summed E-state index contributed by atoms with van der Waals surface area (Å²) >= 11 is 0. The van der Waals surface area contributed by atoms with Gasteiger partial charge in [0.2, 0.25) is 15.9 Å². The Labute approximate surface area is 164 Å². The molecule has 0 bridgehead atoms. The molecule has 0 spiro atoms. The number of hydrogen-bond donors (Lipinski definition) is 1. The van der Waals surface area contributed by atoms with Gasteiger partial charge in [0.15, 0.2) is 0 Å². The normalized spacial score (nSPS) is 35.0. The van der Waals surface area contributed by atoms with Crippen LogP contribution in [0.3, 0.4) is 0 Å². The Kier molecular flexibility index (Phi) is 6.44. The number of halogens is 3. The number of rotatable bonds is 4. The highest BCUT2D eigenvalue weighted by Gasteiger charge is 2.48. The van der Waals surface area contributed by atoms with Gasteiger partial charge in [0, 0.05) is 18.6 Å². The van der Waals surface area contributed by atoms with E-state index in [0.29, 0.717) is 0 Å². The highest BCUT2D eigenvalue weighted by molar-refractivity contribution is 7.89. The molecule has 3 fully saturated rings. The van der Waals surface area contributed by atoms with Crippen molar-refractivity contribution in [2.24, 2.45) is 11.8 Å². The fraction of sp³-hybridized carbons (Fsp3) is 0.842. The van der Waals surface area contributed by atoms with Crippen molar-refractivity contribution in [2.45, 2.75) is 81.3 Å². The maximum atomic E-state index is 13.4. The average Bonchev–Trinajstić information content (AvgIpc) is 2.66. The Bertz CT molecular complexity index is 687. The van der Waals surface area contributed by atoms with E-state index < -0.39 is 27.4 Å². The van der Waals surface area contributed by atoms with Gasteiger partial charge in [-0.2, -0.15) is 17.5 Å². The number of fused-ring (bicyclic) bond motifs is 1. The predicted molar refractivity (Wildman–Crippen MR) is 99.9 cm³/mol. The number of amides is 1. The Hall–Kier alpha value is -1.09. The lowest BCUT2D eigenvalue weighted by molar-refractivity contribution is -0.181. The van der Waals surface area contributed by atoms with Crippen molar-refractivity contribution < 1.29 is 26.4 Å². The molecule has 3 rings (SSSR count). The van der Waals surface area contributed by atoms with Gasteiger partial charge in [-0.1, -0.05) is 19.4 Å². The van der Waals surface area contributed by atoms with Crippen LogP contribution in [0.25, 0.3) is 0 Å². The van der Waals surface area contributed by atoms with E-state index in [-0.39, 0.29) is 56.1 Å². The third-order valence-corrected chi connectivity index (χ3v) is 9.03. The molecule has 2 aliphatic carbocycles. The minimum atomic E-state index is -4.26. The quantitative estimate of drug-likeness (QED) is 0.707. The van der Waals surface area contributed by atoms with Gasteiger partial charge < -0.3 is 5.32 Å². The van der Waals surface area contributed by atoms with Crippen LogP contribution in [0, 0.1) is 11.8 Å². The fourth-order valence-electron chi connectivity index (χ4n) is 5.17. The van der Waals surface area contributed by atoms with Crippen LogP contribution in [-0.4, -0.2) is 48.7 Å². The summed E-state index contributed by atoms with van der Waals surface area (Å²) in [5.41, 5.74) is 0. The number of sulfonamides is 1. The molecule has 5 nitrogen and oxygen atoms in total.